The summed E-state index contributed by atoms with van der Waals surface area (Å²) in [5.41, 5.74) is 4.47. The maximum absolute atomic E-state index is 4.40. The lowest BCUT2D eigenvalue weighted by Gasteiger charge is -2.07. The molecule has 1 heterocycles. The summed E-state index contributed by atoms with van der Waals surface area (Å²) in [6.07, 6.45) is 3.65. The molecule has 104 valence electrons. The zero-order valence-electron chi connectivity index (χ0n) is 12.0. The number of benzene rings is 2. The molecule has 0 amide bonds. The molecule has 0 atom stereocenters. The molecule has 0 fully saturated rings. The summed E-state index contributed by atoms with van der Waals surface area (Å²) >= 11 is 0. The van der Waals surface area contributed by atoms with Gasteiger partial charge in [-0.15, -0.1) is 0 Å². The van der Waals surface area contributed by atoms with E-state index in [2.05, 4.69) is 46.5 Å². The van der Waals surface area contributed by atoms with E-state index in [1.807, 2.05) is 42.7 Å². The first kappa shape index (κ1) is 13.3. The van der Waals surface area contributed by atoms with Gasteiger partial charge in [0.15, 0.2) is 5.82 Å². The van der Waals surface area contributed by atoms with Crippen LogP contribution in [0.5, 0.6) is 0 Å². The average Bonchev–Trinajstić information content (AvgIpc) is 2.56. The fourth-order valence-electron chi connectivity index (χ4n) is 2.07. The first-order chi connectivity index (χ1) is 10.3. The molecule has 3 aromatic rings. The van der Waals surface area contributed by atoms with Crippen molar-refractivity contribution in [3.8, 4) is 11.4 Å². The number of rotatable bonds is 4. The Labute approximate surface area is 124 Å². The molecule has 0 aliphatic heterocycles. The van der Waals surface area contributed by atoms with Gasteiger partial charge in [-0.05, 0) is 12.5 Å². The lowest BCUT2D eigenvalue weighted by Crippen LogP contribution is -2.01. The molecule has 0 radical (unpaired) electrons. The third-order valence-electron chi connectivity index (χ3n) is 3.30. The van der Waals surface area contributed by atoms with Crippen LogP contribution in [-0.2, 0) is 6.54 Å². The van der Waals surface area contributed by atoms with Crippen molar-refractivity contribution >= 4 is 5.69 Å². The predicted octanol–water partition coefficient (Wildman–Crippen LogP) is 4.06. The fourth-order valence-corrected chi connectivity index (χ4v) is 2.07. The van der Waals surface area contributed by atoms with Crippen LogP contribution in [0, 0.1) is 6.92 Å². The van der Waals surface area contributed by atoms with Crippen LogP contribution in [0.1, 0.15) is 11.1 Å². The van der Waals surface area contributed by atoms with Crippen LogP contribution in [-0.4, -0.2) is 9.97 Å². The molecule has 1 N–H and O–H groups in total. The molecule has 0 aliphatic rings. The largest absolute Gasteiger partial charge is 0.378 e. The van der Waals surface area contributed by atoms with Crippen molar-refractivity contribution < 1.29 is 0 Å². The van der Waals surface area contributed by atoms with Crippen molar-refractivity contribution in [2.75, 3.05) is 5.32 Å². The molecule has 0 saturated heterocycles. The summed E-state index contributed by atoms with van der Waals surface area (Å²) < 4.78 is 0. The van der Waals surface area contributed by atoms with E-state index in [9.17, 15) is 0 Å². The van der Waals surface area contributed by atoms with Gasteiger partial charge in [0.2, 0.25) is 0 Å². The quantitative estimate of drug-likeness (QED) is 0.780. The van der Waals surface area contributed by atoms with E-state index in [1.54, 1.807) is 0 Å². The van der Waals surface area contributed by atoms with Gasteiger partial charge in [0.05, 0.1) is 18.1 Å². The van der Waals surface area contributed by atoms with Crippen molar-refractivity contribution in [2.45, 2.75) is 13.5 Å². The van der Waals surface area contributed by atoms with Crippen LogP contribution >= 0.6 is 0 Å². The van der Waals surface area contributed by atoms with E-state index in [0.29, 0.717) is 0 Å². The predicted molar refractivity (Wildman–Crippen MR) is 86.0 cm³/mol. The monoisotopic (exact) mass is 275 g/mol. The second-order valence-electron chi connectivity index (χ2n) is 5.00. The number of aromatic nitrogens is 2. The van der Waals surface area contributed by atoms with E-state index < -0.39 is 0 Å². The van der Waals surface area contributed by atoms with Crippen LogP contribution in [0.15, 0.2) is 67.0 Å². The zero-order valence-corrected chi connectivity index (χ0v) is 12.0. The highest BCUT2D eigenvalue weighted by Gasteiger charge is 2.00. The molecule has 3 heteroatoms. The molecule has 3 rings (SSSR count). The van der Waals surface area contributed by atoms with E-state index in [1.165, 1.54) is 11.1 Å². The summed E-state index contributed by atoms with van der Waals surface area (Å²) in [7, 11) is 0. The Balaban J connectivity index is 1.66. The summed E-state index contributed by atoms with van der Waals surface area (Å²) in [5, 5.41) is 3.33. The Bertz CT molecular complexity index is 689. The third-order valence-corrected chi connectivity index (χ3v) is 3.30. The number of aryl methyl sites for hydroxylation is 1. The van der Waals surface area contributed by atoms with Gasteiger partial charge < -0.3 is 5.32 Å². The zero-order chi connectivity index (χ0) is 14.5. The normalized spacial score (nSPS) is 10.3. The van der Waals surface area contributed by atoms with Crippen LogP contribution in [0.25, 0.3) is 11.4 Å². The standard InChI is InChI=1S/C18H17N3/c1-14-7-9-15(10-8-14)11-19-17-12-20-18(21-13-17)16-5-3-2-4-6-16/h2-10,12-13,19H,11H2,1H3. The topological polar surface area (TPSA) is 37.8 Å². The van der Waals surface area contributed by atoms with Crippen LogP contribution < -0.4 is 5.32 Å². The van der Waals surface area contributed by atoms with Gasteiger partial charge in [0.1, 0.15) is 0 Å². The minimum Gasteiger partial charge on any atom is -0.378 e. The summed E-state index contributed by atoms with van der Waals surface area (Å²) in [6.45, 7) is 2.86. The van der Waals surface area contributed by atoms with Gasteiger partial charge in [-0.1, -0.05) is 60.2 Å². The average molecular weight is 275 g/mol. The molecule has 1 aromatic heterocycles. The summed E-state index contributed by atoms with van der Waals surface area (Å²) in [6, 6.07) is 18.5. The van der Waals surface area contributed by atoms with Crippen molar-refractivity contribution in [2.24, 2.45) is 0 Å². The first-order valence-corrected chi connectivity index (χ1v) is 6.98. The van der Waals surface area contributed by atoms with Crippen LogP contribution in [0.4, 0.5) is 5.69 Å². The van der Waals surface area contributed by atoms with Crippen molar-refractivity contribution in [3.05, 3.63) is 78.1 Å². The molecular formula is C18H17N3. The first-order valence-electron chi connectivity index (χ1n) is 6.98. The highest BCUT2D eigenvalue weighted by molar-refractivity contribution is 5.55. The summed E-state index contributed by atoms with van der Waals surface area (Å²) in [5.74, 6) is 0.747. The van der Waals surface area contributed by atoms with Gasteiger partial charge in [0, 0.05) is 12.1 Å². The van der Waals surface area contributed by atoms with Gasteiger partial charge in [0.25, 0.3) is 0 Å². The number of anilines is 1. The third kappa shape index (κ3) is 3.45. The number of nitrogens with zero attached hydrogens (tertiary/aromatic N) is 2. The minimum atomic E-state index is 0.747. The lowest BCUT2D eigenvalue weighted by molar-refractivity contribution is 1.10. The number of hydrogen-bond donors (Lipinski definition) is 1. The lowest BCUT2D eigenvalue weighted by atomic mass is 10.1. The molecule has 0 saturated carbocycles. The second kappa shape index (κ2) is 6.18. The molecule has 0 unspecified atom stereocenters. The molecule has 0 bridgehead atoms. The van der Waals surface area contributed by atoms with Crippen molar-refractivity contribution in [1.82, 2.24) is 9.97 Å². The van der Waals surface area contributed by atoms with Gasteiger partial charge in [-0.2, -0.15) is 0 Å². The molecule has 2 aromatic carbocycles. The summed E-state index contributed by atoms with van der Waals surface area (Å²) in [4.78, 5) is 8.80. The molecular weight excluding hydrogens is 258 g/mol. The Morgan fingerprint density at radius 2 is 1.52 bits per heavy atom. The minimum absolute atomic E-state index is 0.747. The van der Waals surface area contributed by atoms with Gasteiger partial charge in [-0.3, -0.25) is 0 Å². The fraction of sp³-hybridized carbons (Fsp3) is 0.111. The van der Waals surface area contributed by atoms with E-state index >= 15 is 0 Å². The van der Waals surface area contributed by atoms with E-state index in [0.717, 1.165) is 23.6 Å². The van der Waals surface area contributed by atoms with E-state index in [4.69, 9.17) is 0 Å². The van der Waals surface area contributed by atoms with Crippen molar-refractivity contribution in [3.63, 3.8) is 0 Å². The highest BCUT2D eigenvalue weighted by Crippen LogP contribution is 2.15. The SMILES string of the molecule is Cc1ccc(CNc2cnc(-c3ccccc3)nc2)cc1. The molecule has 0 spiro atoms. The Kier molecular flexibility index (Phi) is 3.92. The second-order valence-corrected chi connectivity index (χ2v) is 5.00. The maximum atomic E-state index is 4.40. The van der Waals surface area contributed by atoms with Crippen molar-refractivity contribution in [1.29, 1.82) is 0 Å². The van der Waals surface area contributed by atoms with Gasteiger partial charge >= 0.3 is 0 Å². The molecule has 0 aliphatic carbocycles. The highest BCUT2D eigenvalue weighted by atomic mass is 14.9. The van der Waals surface area contributed by atoms with Crippen LogP contribution in [0.3, 0.4) is 0 Å². The van der Waals surface area contributed by atoms with Gasteiger partial charge in [-0.25, -0.2) is 9.97 Å². The Morgan fingerprint density at radius 1 is 0.857 bits per heavy atom. The van der Waals surface area contributed by atoms with E-state index in [-0.39, 0.29) is 0 Å². The molecule has 21 heavy (non-hydrogen) atoms. The maximum Gasteiger partial charge on any atom is 0.159 e. The Hall–Kier alpha value is -2.68. The smallest absolute Gasteiger partial charge is 0.159 e. The Morgan fingerprint density at radius 3 is 2.19 bits per heavy atom. The van der Waals surface area contributed by atoms with Crippen LogP contribution in [0.2, 0.25) is 0 Å². The number of nitrogens with one attached hydrogen (secondary N) is 1. The number of hydrogen-bond acceptors (Lipinski definition) is 3. The molecule has 3 nitrogen and oxygen atoms in total.